The monoisotopic (exact) mass is 647 g/mol. The van der Waals surface area contributed by atoms with Crippen LogP contribution in [0.3, 0.4) is 0 Å². The summed E-state index contributed by atoms with van der Waals surface area (Å²) in [6.45, 7) is 13.5. The van der Waals surface area contributed by atoms with E-state index in [0.29, 0.717) is 5.95 Å². The number of rotatable bonds is 8. The number of benzene rings is 6. The molecule has 0 aliphatic rings. The minimum Gasteiger partial charge on any atom is -0.279 e. The van der Waals surface area contributed by atoms with Gasteiger partial charge in [-0.25, -0.2) is 9.97 Å². The van der Waals surface area contributed by atoms with Crippen molar-refractivity contribution in [2.75, 3.05) is 4.90 Å². The molecule has 3 nitrogen and oxygen atoms in total. The van der Waals surface area contributed by atoms with Crippen LogP contribution in [-0.4, -0.2) is 16.7 Å². The highest BCUT2D eigenvalue weighted by atomic mass is 15.3. The molecule has 1 aromatic heterocycles. The van der Waals surface area contributed by atoms with E-state index in [9.17, 15) is 0 Å². The topological polar surface area (TPSA) is 29.0 Å². The molecule has 0 saturated carbocycles. The Morgan fingerprint density at radius 3 is 1.56 bits per heavy atom. The van der Waals surface area contributed by atoms with E-state index in [1.165, 1.54) is 49.8 Å². The van der Waals surface area contributed by atoms with E-state index in [0.717, 1.165) is 33.8 Å². The number of hydrogen-bond acceptors (Lipinski definition) is 3. The van der Waals surface area contributed by atoms with Gasteiger partial charge in [0.05, 0.1) is 11.4 Å². The highest BCUT2D eigenvalue weighted by molar-refractivity contribution is 6.96. The van der Waals surface area contributed by atoms with Crippen molar-refractivity contribution in [3.05, 3.63) is 179 Å². The zero-order valence-electron chi connectivity index (χ0n) is 29.8. The first-order valence-corrected chi connectivity index (χ1v) is 17.4. The molecule has 0 atom stereocenters. The molecule has 0 aliphatic carbocycles. The van der Waals surface area contributed by atoms with Gasteiger partial charge in [-0.05, 0) is 71.4 Å². The quantitative estimate of drug-likeness (QED) is 0.154. The molecule has 0 N–H and O–H groups in total. The van der Waals surface area contributed by atoms with Crippen LogP contribution in [0.2, 0.25) is 0 Å². The van der Waals surface area contributed by atoms with Gasteiger partial charge >= 0.3 is 0 Å². The molecule has 0 saturated heterocycles. The summed E-state index contributed by atoms with van der Waals surface area (Å²) < 4.78 is 0. The van der Waals surface area contributed by atoms with Crippen molar-refractivity contribution in [1.29, 1.82) is 0 Å². The van der Waals surface area contributed by atoms with Crippen LogP contribution in [0.4, 0.5) is 17.3 Å². The molecule has 0 amide bonds. The number of aryl methyl sites for hydroxylation is 6. The van der Waals surface area contributed by atoms with Gasteiger partial charge in [-0.1, -0.05) is 165 Å². The third-order valence-electron chi connectivity index (χ3n) is 9.68. The lowest BCUT2D eigenvalue weighted by molar-refractivity contribution is 1.08. The molecule has 0 fully saturated rings. The highest BCUT2D eigenvalue weighted by Gasteiger charge is 2.29. The van der Waals surface area contributed by atoms with Crippen LogP contribution in [0.5, 0.6) is 0 Å². The van der Waals surface area contributed by atoms with E-state index >= 15 is 0 Å². The first-order valence-electron chi connectivity index (χ1n) is 17.4. The maximum Gasteiger partial charge on any atom is 0.242 e. The first-order chi connectivity index (χ1) is 24.3. The molecule has 0 bridgehead atoms. The minimum absolute atomic E-state index is 0.0907. The van der Waals surface area contributed by atoms with Crippen LogP contribution in [0.25, 0.3) is 22.4 Å². The van der Waals surface area contributed by atoms with Gasteiger partial charge in [-0.2, -0.15) is 0 Å². The van der Waals surface area contributed by atoms with E-state index in [-0.39, 0.29) is 6.71 Å². The first kappa shape index (κ1) is 32.8. The maximum atomic E-state index is 5.16. The van der Waals surface area contributed by atoms with Crippen molar-refractivity contribution in [3.63, 3.8) is 0 Å². The summed E-state index contributed by atoms with van der Waals surface area (Å²) in [7, 11) is 0. The van der Waals surface area contributed by atoms with Gasteiger partial charge in [0.2, 0.25) is 12.7 Å². The van der Waals surface area contributed by atoms with Crippen molar-refractivity contribution in [1.82, 2.24) is 9.97 Å². The largest absolute Gasteiger partial charge is 0.279 e. The fourth-order valence-electron chi connectivity index (χ4n) is 7.71. The average molecular weight is 648 g/mol. The van der Waals surface area contributed by atoms with Crippen LogP contribution in [0.1, 0.15) is 33.4 Å². The van der Waals surface area contributed by atoms with Crippen LogP contribution in [0, 0.1) is 41.5 Å². The SMILES string of the molecule is Cc1cc(C)c(B(c2ccc(N(c3nccc(-c4ccccc4)n3)c3ccccc3-c3ccccc3)cc2)c2c(C)cc(C)cc2C)c(C)c1. The Hall–Kier alpha value is -5.74. The van der Waals surface area contributed by atoms with E-state index in [2.05, 4.69) is 162 Å². The van der Waals surface area contributed by atoms with Gasteiger partial charge in [0.25, 0.3) is 0 Å². The third kappa shape index (κ3) is 6.49. The van der Waals surface area contributed by atoms with Crippen LogP contribution < -0.4 is 21.3 Å². The molecule has 244 valence electrons. The summed E-state index contributed by atoms with van der Waals surface area (Å²) in [6.07, 6.45) is 1.86. The Labute approximate surface area is 297 Å². The fourth-order valence-corrected chi connectivity index (χ4v) is 7.71. The molecular weight excluding hydrogens is 605 g/mol. The second-order valence-electron chi connectivity index (χ2n) is 13.5. The lowest BCUT2D eigenvalue weighted by Gasteiger charge is -2.27. The molecule has 6 aromatic carbocycles. The number of anilines is 3. The lowest BCUT2D eigenvalue weighted by atomic mass is 9.34. The fraction of sp³-hybridized carbons (Fsp3) is 0.130. The molecular formula is C46H42BN3. The number of nitrogens with zero attached hydrogens (tertiary/aromatic N) is 3. The smallest absolute Gasteiger partial charge is 0.242 e. The number of aromatic nitrogens is 2. The zero-order valence-corrected chi connectivity index (χ0v) is 29.8. The van der Waals surface area contributed by atoms with E-state index in [1.54, 1.807) is 0 Å². The summed E-state index contributed by atoms with van der Waals surface area (Å²) in [4.78, 5) is 12.2. The van der Waals surface area contributed by atoms with Gasteiger partial charge in [0, 0.05) is 23.0 Å². The predicted octanol–water partition coefficient (Wildman–Crippen LogP) is 9.65. The Balaban J connectivity index is 1.42. The number of para-hydroxylation sites is 1. The normalized spacial score (nSPS) is 11.0. The van der Waals surface area contributed by atoms with Gasteiger partial charge in [-0.3, -0.25) is 4.90 Å². The maximum absolute atomic E-state index is 5.16. The van der Waals surface area contributed by atoms with Crippen LogP contribution in [-0.2, 0) is 0 Å². The van der Waals surface area contributed by atoms with E-state index < -0.39 is 0 Å². The number of hydrogen-bond donors (Lipinski definition) is 0. The summed E-state index contributed by atoms with van der Waals surface area (Å²) >= 11 is 0. The molecule has 0 aliphatic heterocycles. The van der Waals surface area contributed by atoms with Crippen molar-refractivity contribution in [2.24, 2.45) is 0 Å². The van der Waals surface area contributed by atoms with Gasteiger partial charge in [0.1, 0.15) is 0 Å². The Kier molecular flexibility index (Phi) is 9.19. The molecule has 0 radical (unpaired) electrons. The average Bonchev–Trinajstić information content (AvgIpc) is 3.12. The molecule has 7 aromatic rings. The zero-order chi connectivity index (χ0) is 34.8. The lowest BCUT2D eigenvalue weighted by Crippen LogP contribution is -2.55. The third-order valence-corrected chi connectivity index (χ3v) is 9.68. The Morgan fingerprint density at radius 1 is 0.500 bits per heavy atom. The second-order valence-corrected chi connectivity index (χ2v) is 13.5. The Morgan fingerprint density at radius 2 is 1.00 bits per heavy atom. The molecule has 0 unspecified atom stereocenters. The van der Waals surface area contributed by atoms with E-state index in [4.69, 9.17) is 9.97 Å². The van der Waals surface area contributed by atoms with Crippen LogP contribution in [0.15, 0.2) is 146 Å². The molecule has 0 spiro atoms. The standard InChI is InChI=1S/C46H42BN3/c1-31-27-33(3)44(34(4)28-31)47(45-35(5)29-32(2)30-36(45)6)39-21-23-40(24-22-39)50(43-20-14-13-19-41(43)37-15-9-7-10-16-37)46-48-26-25-42(49-46)38-17-11-8-12-18-38/h7-30H,1-6H3. The van der Waals surface area contributed by atoms with Crippen LogP contribution >= 0.6 is 0 Å². The minimum atomic E-state index is 0.0907. The van der Waals surface area contributed by atoms with Crippen molar-refractivity contribution < 1.29 is 0 Å². The summed E-state index contributed by atoms with van der Waals surface area (Å²) in [5.41, 5.74) is 18.1. The predicted molar refractivity (Wildman–Crippen MR) is 214 cm³/mol. The van der Waals surface area contributed by atoms with Crippen molar-refractivity contribution >= 4 is 40.4 Å². The molecule has 4 heteroatoms. The van der Waals surface area contributed by atoms with E-state index in [1.807, 2.05) is 30.5 Å². The molecule has 7 rings (SSSR count). The summed E-state index contributed by atoms with van der Waals surface area (Å²) in [6, 6.07) is 49.7. The highest BCUT2D eigenvalue weighted by Crippen LogP contribution is 2.39. The van der Waals surface area contributed by atoms with Gasteiger partial charge in [-0.15, -0.1) is 0 Å². The second kappa shape index (κ2) is 14.0. The van der Waals surface area contributed by atoms with Crippen molar-refractivity contribution in [3.8, 4) is 22.4 Å². The molecule has 50 heavy (non-hydrogen) atoms. The van der Waals surface area contributed by atoms with Gasteiger partial charge < -0.3 is 0 Å². The Bertz CT molecular complexity index is 2170. The van der Waals surface area contributed by atoms with Gasteiger partial charge in [0.15, 0.2) is 0 Å². The van der Waals surface area contributed by atoms with Crippen molar-refractivity contribution in [2.45, 2.75) is 41.5 Å². The molecule has 1 heterocycles. The summed E-state index contributed by atoms with van der Waals surface area (Å²) in [5, 5.41) is 0. The summed E-state index contributed by atoms with van der Waals surface area (Å²) in [5.74, 6) is 0.620.